The molecular weight excluding hydrogens is 392 g/mol. The third-order valence-electron chi connectivity index (χ3n) is 5.25. The molecule has 6 heteroatoms. The Morgan fingerprint density at radius 3 is 2.35 bits per heavy atom. The third-order valence-corrected chi connectivity index (χ3v) is 5.25. The Balaban J connectivity index is 2.21. The van der Waals surface area contributed by atoms with E-state index < -0.39 is 6.04 Å². The summed E-state index contributed by atoms with van der Waals surface area (Å²) in [6, 6.07) is 13.2. The van der Waals surface area contributed by atoms with Crippen molar-refractivity contribution in [3.05, 3.63) is 59.2 Å². The van der Waals surface area contributed by atoms with Crippen LogP contribution >= 0.6 is 0 Å². The van der Waals surface area contributed by atoms with Crippen molar-refractivity contribution in [3.8, 4) is 11.5 Å². The van der Waals surface area contributed by atoms with Crippen LogP contribution in [0.25, 0.3) is 0 Å². The van der Waals surface area contributed by atoms with Crippen LogP contribution in [0.3, 0.4) is 0 Å². The van der Waals surface area contributed by atoms with Gasteiger partial charge in [0.2, 0.25) is 11.8 Å². The lowest BCUT2D eigenvalue weighted by molar-refractivity contribution is -0.141. The molecule has 2 aromatic rings. The highest BCUT2D eigenvalue weighted by molar-refractivity contribution is 5.87. The van der Waals surface area contributed by atoms with Crippen molar-refractivity contribution < 1.29 is 19.1 Å². The van der Waals surface area contributed by atoms with Crippen molar-refractivity contribution in [2.45, 2.75) is 52.6 Å². The monoisotopic (exact) mass is 426 g/mol. The standard InChI is InChI=1S/C25H34N2O4/c1-6-21(25(29)26-7-2)27(17-20-10-8-9-18(3)15-20)24(28)14-12-19-11-13-22(30-4)23(16-19)31-5/h8-11,13,15-16,21H,6-7,12,14,17H2,1-5H3,(H,26,29)/t21-/m1/s1. The van der Waals surface area contributed by atoms with Gasteiger partial charge < -0.3 is 19.7 Å². The van der Waals surface area contributed by atoms with Crippen LogP contribution in [0, 0.1) is 6.92 Å². The van der Waals surface area contributed by atoms with Gasteiger partial charge in [-0.05, 0) is 49.9 Å². The van der Waals surface area contributed by atoms with Crippen LogP contribution in [0.1, 0.15) is 43.4 Å². The largest absolute Gasteiger partial charge is 0.493 e. The maximum Gasteiger partial charge on any atom is 0.242 e. The number of ether oxygens (including phenoxy) is 2. The number of hydrogen-bond acceptors (Lipinski definition) is 4. The first-order valence-electron chi connectivity index (χ1n) is 10.8. The van der Waals surface area contributed by atoms with E-state index in [4.69, 9.17) is 9.47 Å². The molecule has 0 radical (unpaired) electrons. The second-order valence-electron chi connectivity index (χ2n) is 7.52. The maximum atomic E-state index is 13.3. The highest BCUT2D eigenvalue weighted by atomic mass is 16.5. The number of nitrogens with one attached hydrogen (secondary N) is 1. The Labute approximate surface area is 185 Å². The summed E-state index contributed by atoms with van der Waals surface area (Å²) in [5.41, 5.74) is 3.12. The molecular formula is C25H34N2O4. The molecule has 6 nitrogen and oxygen atoms in total. The molecule has 0 bridgehead atoms. The second-order valence-corrected chi connectivity index (χ2v) is 7.52. The first kappa shape index (κ1) is 24.3. The zero-order chi connectivity index (χ0) is 22.8. The average molecular weight is 427 g/mol. The van der Waals surface area contributed by atoms with Crippen molar-refractivity contribution >= 4 is 11.8 Å². The van der Waals surface area contributed by atoms with Gasteiger partial charge in [-0.3, -0.25) is 9.59 Å². The van der Waals surface area contributed by atoms with E-state index in [9.17, 15) is 9.59 Å². The van der Waals surface area contributed by atoms with E-state index in [1.165, 1.54) is 0 Å². The van der Waals surface area contributed by atoms with E-state index in [-0.39, 0.29) is 11.8 Å². The van der Waals surface area contributed by atoms with Crippen LogP contribution in [-0.4, -0.2) is 43.5 Å². The fraction of sp³-hybridized carbons (Fsp3) is 0.440. The van der Waals surface area contributed by atoms with Crippen LogP contribution in [0.15, 0.2) is 42.5 Å². The minimum atomic E-state index is -0.502. The van der Waals surface area contributed by atoms with E-state index >= 15 is 0 Å². The highest BCUT2D eigenvalue weighted by Crippen LogP contribution is 2.28. The van der Waals surface area contributed by atoms with E-state index in [1.54, 1.807) is 19.1 Å². The molecule has 0 aromatic heterocycles. The van der Waals surface area contributed by atoms with Crippen LogP contribution in [0.5, 0.6) is 11.5 Å². The molecule has 0 saturated carbocycles. The summed E-state index contributed by atoms with van der Waals surface area (Å²) in [5.74, 6) is 1.13. The van der Waals surface area contributed by atoms with Gasteiger partial charge in [0.15, 0.2) is 11.5 Å². The molecule has 2 aromatic carbocycles. The fourth-order valence-corrected chi connectivity index (χ4v) is 3.65. The second kappa shape index (κ2) is 12.0. The smallest absolute Gasteiger partial charge is 0.242 e. The molecule has 2 rings (SSSR count). The van der Waals surface area contributed by atoms with Crippen molar-refractivity contribution in [2.75, 3.05) is 20.8 Å². The lowest BCUT2D eigenvalue weighted by Gasteiger charge is -2.30. The van der Waals surface area contributed by atoms with Crippen LogP contribution in [0.4, 0.5) is 0 Å². The molecule has 0 heterocycles. The number of methoxy groups -OCH3 is 2. The van der Waals surface area contributed by atoms with Gasteiger partial charge in [-0.15, -0.1) is 0 Å². The maximum absolute atomic E-state index is 13.3. The number of hydrogen-bond donors (Lipinski definition) is 1. The van der Waals surface area contributed by atoms with Gasteiger partial charge in [0.25, 0.3) is 0 Å². The Hall–Kier alpha value is -3.02. The third kappa shape index (κ3) is 6.74. The zero-order valence-electron chi connectivity index (χ0n) is 19.2. The number of aryl methyl sites for hydroxylation is 2. The first-order chi connectivity index (χ1) is 14.9. The zero-order valence-corrected chi connectivity index (χ0v) is 19.2. The SMILES string of the molecule is CCNC(=O)[C@@H](CC)N(Cc1cccc(C)c1)C(=O)CCc1ccc(OC)c(OC)c1. The molecule has 0 spiro atoms. The lowest BCUT2D eigenvalue weighted by atomic mass is 10.0. The summed E-state index contributed by atoms with van der Waals surface area (Å²) in [4.78, 5) is 27.7. The first-order valence-corrected chi connectivity index (χ1v) is 10.8. The molecule has 2 amide bonds. The van der Waals surface area contributed by atoms with Crippen molar-refractivity contribution in [1.29, 1.82) is 0 Å². The molecule has 0 aliphatic carbocycles. The number of likely N-dealkylation sites (N-methyl/N-ethyl adjacent to an activating group) is 1. The molecule has 0 unspecified atom stereocenters. The molecule has 1 N–H and O–H groups in total. The normalized spacial score (nSPS) is 11.5. The van der Waals surface area contributed by atoms with Crippen LogP contribution in [-0.2, 0) is 22.6 Å². The molecule has 0 saturated heterocycles. The summed E-state index contributed by atoms with van der Waals surface area (Å²) in [6.07, 6.45) is 1.41. The molecule has 1 atom stereocenters. The number of nitrogens with zero attached hydrogens (tertiary/aromatic N) is 1. The molecule has 168 valence electrons. The predicted octanol–water partition coefficient (Wildman–Crippen LogP) is 3.89. The molecule has 0 fully saturated rings. The lowest BCUT2D eigenvalue weighted by Crippen LogP contribution is -2.49. The van der Waals surface area contributed by atoms with E-state index in [0.29, 0.717) is 43.9 Å². The number of rotatable bonds is 11. The topological polar surface area (TPSA) is 67.9 Å². The number of benzene rings is 2. The van der Waals surface area contributed by atoms with Gasteiger partial charge in [0.05, 0.1) is 14.2 Å². The summed E-state index contributed by atoms with van der Waals surface area (Å²) in [7, 11) is 3.19. The van der Waals surface area contributed by atoms with Gasteiger partial charge in [-0.25, -0.2) is 0 Å². The summed E-state index contributed by atoms with van der Waals surface area (Å²) in [5, 5.41) is 2.87. The van der Waals surface area contributed by atoms with E-state index in [2.05, 4.69) is 11.4 Å². The van der Waals surface area contributed by atoms with Crippen LogP contribution < -0.4 is 14.8 Å². The van der Waals surface area contributed by atoms with Gasteiger partial charge in [-0.2, -0.15) is 0 Å². The van der Waals surface area contributed by atoms with Crippen molar-refractivity contribution in [3.63, 3.8) is 0 Å². The van der Waals surface area contributed by atoms with Crippen molar-refractivity contribution in [2.24, 2.45) is 0 Å². The van der Waals surface area contributed by atoms with Gasteiger partial charge in [-0.1, -0.05) is 42.8 Å². The van der Waals surface area contributed by atoms with Gasteiger partial charge in [0.1, 0.15) is 6.04 Å². The molecule has 0 aliphatic rings. The Morgan fingerprint density at radius 1 is 1.00 bits per heavy atom. The summed E-state index contributed by atoms with van der Waals surface area (Å²) >= 11 is 0. The summed E-state index contributed by atoms with van der Waals surface area (Å²) in [6.45, 7) is 6.78. The van der Waals surface area contributed by atoms with Crippen LogP contribution in [0.2, 0.25) is 0 Å². The quantitative estimate of drug-likeness (QED) is 0.592. The van der Waals surface area contributed by atoms with E-state index in [0.717, 1.165) is 16.7 Å². The predicted molar refractivity (Wildman–Crippen MR) is 122 cm³/mol. The Bertz CT molecular complexity index is 882. The minimum Gasteiger partial charge on any atom is -0.493 e. The van der Waals surface area contributed by atoms with Crippen molar-refractivity contribution in [1.82, 2.24) is 10.2 Å². The number of carbonyl (C=O) groups is 2. The van der Waals surface area contributed by atoms with E-state index in [1.807, 2.05) is 57.2 Å². The molecule has 31 heavy (non-hydrogen) atoms. The molecule has 0 aliphatic heterocycles. The number of carbonyl (C=O) groups excluding carboxylic acids is 2. The number of amides is 2. The average Bonchev–Trinajstić information content (AvgIpc) is 2.77. The Morgan fingerprint density at radius 2 is 1.74 bits per heavy atom. The van der Waals surface area contributed by atoms with Gasteiger partial charge >= 0.3 is 0 Å². The minimum absolute atomic E-state index is 0.0469. The highest BCUT2D eigenvalue weighted by Gasteiger charge is 2.28. The Kier molecular flexibility index (Phi) is 9.38. The fourth-order valence-electron chi connectivity index (χ4n) is 3.65. The summed E-state index contributed by atoms with van der Waals surface area (Å²) < 4.78 is 10.6. The van der Waals surface area contributed by atoms with Gasteiger partial charge in [0, 0.05) is 19.5 Å².